The van der Waals surface area contributed by atoms with E-state index in [0.29, 0.717) is 6.04 Å². The molecule has 3 aromatic rings. The lowest BCUT2D eigenvalue weighted by Gasteiger charge is -2.32. The number of anilines is 1. The quantitative estimate of drug-likeness (QED) is 0.714. The van der Waals surface area contributed by atoms with E-state index in [1.165, 1.54) is 10.4 Å². The Morgan fingerprint density at radius 1 is 1.16 bits per heavy atom. The number of nitrogens with two attached hydrogens (primary N) is 1. The topological polar surface area (TPSA) is 59.1 Å². The molecule has 2 aromatic heterocycles. The van der Waals surface area contributed by atoms with Gasteiger partial charge in [0, 0.05) is 37.1 Å². The SMILES string of the molecule is NCCN1CCC(Nc2nc3ccccc3n2Cc2cccs2)CC1. The average molecular weight is 356 g/mol. The number of nitrogens with one attached hydrogen (secondary N) is 1. The Labute approximate surface area is 152 Å². The van der Waals surface area contributed by atoms with Gasteiger partial charge in [-0.05, 0) is 36.4 Å². The van der Waals surface area contributed by atoms with Crippen LogP contribution < -0.4 is 11.1 Å². The highest BCUT2D eigenvalue weighted by atomic mass is 32.1. The van der Waals surface area contributed by atoms with Crippen molar-refractivity contribution in [3.05, 3.63) is 46.7 Å². The molecule has 0 saturated carbocycles. The molecule has 5 nitrogen and oxygen atoms in total. The van der Waals surface area contributed by atoms with E-state index in [4.69, 9.17) is 10.7 Å². The number of piperidine rings is 1. The van der Waals surface area contributed by atoms with Gasteiger partial charge in [-0.15, -0.1) is 11.3 Å². The zero-order valence-corrected chi connectivity index (χ0v) is 15.2. The third kappa shape index (κ3) is 3.71. The number of fused-ring (bicyclic) bond motifs is 1. The average Bonchev–Trinajstić information content (AvgIpc) is 3.26. The molecular weight excluding hydrogens is 330 g/mol. The summed E-state index contributed by atoms with van der Waals surface area (Å²) in [5.74, 6) is 0.992. The summed E-state index contributed by atoms with van der Waals surface area (Å²) in [6.45, 7) is 4.84. The van der Waals surface area contributed by atoms with Crippen LogP contribution in [0.4, 0.5) is 5.95 Å². The third-order valence-corrected chi connectivity index (χ3v) is 5.78. The second-order valence-corrected chi connectivity index (χ2v) is 7.67. The van der Waals surface area contributed by atoms with E-state index in [9.17, 15) is 0 Å². The van der Waals surface area contributed by atoms with Crippen LogP contribution in [0.1, 0.15) is 17.7 Å². The number of aromatic nitrogens is 2. The Kier molecular flexibility index (Phi) is 5.01. The fraction of sp³-hybridized carbons (Fsp3) is 0.421. The molecule has 0 aliphatic carbocycles. The number of likely N-dealkylation sites (tertiary alicyclic amines) is 1. The number of rotatable bonds is 6. The number of thiophene rings is 1. The van der Waals surface area contributed by atoms with Crippen molar-refractivity contribution < 1.29 is 0 Å². The maximum Gasteiger partial charge on any atom is 0.204 e. The van der Waals surface area contributed by atoms with E-state index >= 15 is 0 Å². The second-order valence-electron chi connectivity index (χ2n) is 6.64. The van der Waals surface area contributed by atoms with Crippen molar-refractivity contribution in [1.29, 1.82) is 0 Å². The van der Waals surface area contributed by atoms with E-state index in [1.807, 2.05) is 0 Å². The van der Waals surface area contributed by atoms with Crippen LogP contribution >= 0.6 is 11.3 Å². The molecule has 25 heavy (non-hydrogen) atoms. The van der Waals surface area contributed by atoms with Gasteiger partial charge in [-0.3, -0.25) is 0 Å². The molecule has 132 valence electrons. The zero-order valence-electron chi connectivity index (χ0n) is 14.4. The molecule has 0 spiro atoms. The maximum absolute atomic E-state index is 5.68. The fourth-order valence-electron chi connectivity index (χ4n) is 3.57. The summed E-state index contributed by atoms with van der Waals surface area (Å²) >= 11 is 1.80. The fourth-order valence-corrected chi connectivity index (χ4v) is 4.26. The Hall–Kier alpha value is -1.89. The zero-order chi connectivity index (χ0) is 17.1. The molecule has 4 rings (SSSR count). The molecule has 6 heteroatoms. The Morgan fingerprint density at radius 2 is 2.00 bits per heavy atom. The van der Waals surface area contributed by atoms with Crippen LogP contribution in [0.3, 0.4) is 0 Å². The van der Waals surface area contributed by atoms with Gasteiger partial charge in [0.15, 0.2) is 0 Å². The molecule has 3 N–H and O–H groups in total. The van der Waals surface area contributed by atoms with Gasteiger partial charge in [-0.2, -0.15) is 0 Å². The van der Waals surface area contributed by atoms with Crippen LogP contribution in [0.25, 0.3) is 11.0 Å². The summed E-state index contributed by atoms with van der Waals surface area (Å²) in [5.41, 5.74) is 7.93. The van der Waals surface area contributed by atoms with Gasteiger partial charge >= 0.3 is 0 Å². The van der Waals surface area contributed by atoms with Gasteiger partial charge in [0.1, 0.15) is 0 Å². The van der Waals surface area contributed by atoms with Gasteiger partial charge in [-0.1, -0.05) is 18.2 Å². The lowest BCUT2D eigenvalue weighted by Crippen LogP contribution is -2.41. The Bertz CT molecular complexity index is 802. The predicted octanol–water partition coefficient (Wildman–Crippen LogP) is 2.98. The van der Waals surface area contributed by atoms with Crippen molar-refractivity contribution in [2.45, 2.75) is 25.4 Å². The van der Waals surface area contributed by atoms with Crippen molar-refractivity contribution in [3.8, 4) is 0 Å². The minimum atomic E-state index is 0.480. The Morgan fingerprint density at radius 3 is 2.76 bits per heavy atom. The highest BCUT2D eigenvalue weighted by Gasteiger charge is 2.21. The van der Waals surface area contributed by atoms with E-state index < -0.39 is 0 Å². The number of para-hydroxylation sites is 2. The Balaban J connectivity index is 1.54. The van der Waals surface area contributed by atoms with Crippen LogP contribution in [-0.4, -0.2) is 46.7 Å². The van der Waals surface area contributed by atoms with E-state index in [-0.39, 0.29) is 0 Å². The first-order chi connectivity index (χ1) is 12.3. The standard InChI is InChI=1S/C19H25N5S/c20-9-12-23-10-7-15(8-11-23)21-19-22-17-5-1-2-6-18(17)24(19)14-16-4-3-13-25-16/h1-6,13,15H,7-12,14,20H2,(H,21,22). The number of benzene rings is 1. The molecule has 0 unspecified atom stereocenters. The summed E-state index contributed by atoms with van der Waals surface area (Å²) < 4.78 is 2.31. The van der Waals surface area contributed by atoms with Crippen molar-refractivity contribution in [3.63, 3.8) is 0 Å². The number of imidazole rings is 1. The molecule has 1 aromatic carbocycles. The highest BCUT2D eigenvalue weighted by molar-refractivity contribution is 7.09. The van der Waals surface area contributed by atoms with Crippen molar-refractivity contribution in [2.75, 3.05) is 31.5 Å². The molecule has 3 heterocycles. The van der Waals surface area contributed by atoms with Crippen LogP contribution in [0.2, 0.25) is 0 Å². The summed E-state index contributed by atoms with van der Waals surface area (Å²) in [5, 5.41) is 5.85. The van der Waals surface area contributed by atoms with E-state index in [1.54, 1.807) is 11.3 Å². The first-order valence-corrected chi connectivity index (χ1v) is 9.88. The van der Waals surface area contributed by atoms with Gasteiger partial charge in [-0.25, -0.2) is 4.98 Å². The molecule has 0 amide bonds. The highest BCUT2D eigenvalue weighted by Crippen LogP contribution is 2.24. The number of nitrogens with zero attached hydrogens (tertiary/aromatic N) is 3. The summed E-state index contributed by atoms with van der Waals surface area (Å²) in [4.78, 5) is 8.67. The molecule has 1 aliphatic heterocycles. The molecule has 1 saturated heterocycles. The monoisotopic (exact) mass is 355 g/mol. The third-order valence-electron chi connectivity index (χ3n) is 4.91. The molecule has 1 aliphatic rings. The summed E-state index contributed by atoms with van der Waals surface area (Å²) in [7, 11) is 0. The van der Waals surface area contributed by atoms with Crippen molar-refractivity contribution in [1.82, 2.24) is 14.5 Å². The van der Waals surface area contributed by atoms with Crippen LogP contribution in [0, 0.1) is 0 Å². The molecule has 0 radical (unpaired) electrons. The van der Waals surface area contributed by atoms with Crippen LogP contribution in [-0.2, 0) is 6.54 Å². The van der Waals surface area contributed by atoms with Crippen molar-refractivity contribution >= 4 is 28.3 Å². The first-order valence-electron chi connectivity index (χ1n) is 9.00. The minimum Gasteiger partial charge on any atom is -0.353 e. The minimum absolute atomic E-state index is 0.480. The number of hydrogen-bond acceptors (Lipinski definition) is 5. The summed E-state index contributed by atoms with van der Waals surface area (Å²) in [6.07, 6.45) is 2.28. The molecule has 0 bridgehead atoms. The second kappa shape index (κ2) is 7.56. The first kappa shape index (κ1) is 16.6. The van der Waals surface area contributed by atoms with Gasteiger partial charge in [0.25, 0.3) is 0 Å². The molecule has 0 atom stereocenters. The predicted molar refractivity (Wildman–Crippen MR) is 105 cm³/mol. The maximum atomic E-state index is 5.68. The molecule has 1 fully saturated rings. The van der Waals surface area contributed by atoms with Crippen LogP contribution in [0.15, 0.2) is 41.8 Å². The largest absolute Gasteiger partial charge is 0.353 e. The smallest absolute Gasteiger partial charge is 0.204 e. The lowest BCUT2D eigenvalue weighted by atomic mass is 10.1. The van der Waals surface area contributed by atoms with Gasteiger partial charge in [0.05, 0.1) is 17.6 Å². The number of hydrogen-bond donors (Lipinski definition) is 2. The summed E-state index contributed by atoms with van der Waals surface area (Å²) in [6, 6.07) is 13.2. The van der Waals surface area contributed by atoms with Gasteiger partial charge < -0.3 is 20.5 Å². The van der Waals surface area contributed by atoms with E-state index in [0.717, 1.165) is 57.0 Å². The van der Waals surface area contributed by atoms with Gasteiger partial charge in [0.2, 0.25) is 5.95 Å². The van der Waals surface area contributed by atoms with Crippen LogP contribution in [0.5, 0.6) is 0 Å². The lowest BCUT2D eigenvalue weighted by molar-refractivity contribution is 0.224. The molecular formula is C19H25N5S. The van der Waals surface area contributed by atoms with Crippen molar-refractivity contribution in [2.24, 2.45) is 5.73 Å². The normalized spacial score (nSPS) is 16.5. The van der Waals surface area contributed by atoms with E-state index in [2.05, 4.69) is 56.6 Å².